The second-order valence-electron chi connectivity index (χ2n) is 8.00. The SMILES string of the molecule is CC(C)(C)[Si](C)(C)OCc1cccc([N+](=O)[O-])c1COc1ccc(O)cc1. The summed E-state index contributed by atoms with van der Waals surface area (Å²) in [7, 11) is -1.99. The molecule has 0 aliphatic carbocycles. The predicted molar refractivity (Wildman–Crippen MR) is 108 cm³/mol. The fourth-order valence-electron chi connectivity index (χ4n) is 2.27. The van der Waals surface area contributed by atoms with Crippen LogP contribution in [0.5, 0.6) is 11.5 Å². The molecule has 2 aromatic rings. The molecule has 0 radical (unpaired) electrons. The van der Waals surface area contributed by atoms with Crippen LogP contribution in [0.25, 0.3) is 0 Å². The number of phenolic OH excluding ortho intramolecular Hbond substituents is 1. The van der Waals surface area contributed by atoms with Crippen molar-refractivity contribution in [1.82, 2.24) is 0 Å². The van der Waals surface area contributed by atoms with Gasteiger partial charge < -0.3 is 14.3 Å². The molecule has 0 amide bonds. The standard InChI is InChI=1S/C20H27NO5Si/c1-20(2,3)27(4,5)26-13-15-7-6-8-19(21(23)24)18(15)14-25-17-11-9-16(22)10-12-17/h6-12,22H,13-14H2,1-5H3. The molecule has 0 saturated carbocycles. The largest absolute Gasteiger partial charge is 0.508 e. The predicted octanol–water partition coefficient (Wildman–Crippen LogP) is 5.40. The molecule has 0 saturated heterocycles. The third-order valence-corrected chi connectivity index (χ3v) is 9.54. The lowest BCUT2D eigenvalue weighted by atomic mass is 10.1. The van der Waals surface area contributed by atoms with Gasteiger partial charge in [0, 0.05) is 6.07 Å². The summed E-state index contributed by atoms with van der Waals surface area (Å²) < 4.78 is 12.0. The van der Waals surface area contributed by atoms with Gasteiger partial charge in [0.1, 0.15) is 18.1 Å². The van der Waals surface area contributed by atoms with E-state index >= 15 is 0 Å². The summed E-state index contributed by atoms with van der Waals surface area (Å²) in [6.45, 7) is 11.1. The number of aromatic hydroxyl groups is 1. The Bertz CT molecular complexity index is 797. The average molecular weight is 390 g/mol. The smallest absolute Gasteiger partial charge is 0.276 e. The minimum atomic E-state index is -1.99. The van der Waals surface area contributed by atoms with Crippen LogP contribution in [-0.2, 0) is 17.6 Å². The number of nitrogens with zero attached hydrogens (tertiary/aromatic N) is 1. The Balaban J connectivity index is 2.25. The molecule has 0 atom stereocenters. The van der Waals surface area contributed by atoms with Crippen LogP contribution in [0.4, 0.5) is 5.69 Å². The minimum absolute atomic E-state index is 0.0186. The number of nitro groups is 1. The normalized spacial score (nSPS) is 12.0. The Morgan fingerprint density at radius 2 is 1.70 bits per heavy atom. The molecule has 146 valence electrons. The van der Waals surface area contributed by atoms with E-state index in [2.05, 4.69) is 33.9 Å². The summed E-state index contributed by atoms with van der Waals surface area (Å²) in [6.07, 6.45) is 0. The summed E-state index contributed by atoms with van der Waals surface area (Å²) in [4.78, 5) is 11.1. The number of benzene rings is 2. The van der Waals surface area contributed by atoms with Gasteiger partial charge in [0.15, 0.2) is 8.32 Å². The molecule has 0 fully saturated rings. The van der Waals surface area contributed by atoms with E-state index in [4.69, 9.17) is 9.16 Å². The van der Waals surface area contributed by atoms with Gasteiger partial charge in [-0.1, -0.05) is 32.9 Å². The maximum absolute atomic E-state index is 11.5. The highest BCUT2D eigenvalue weighted by Gasteiger charge is 2.37. The van der Waals surface area contributed by atoms with Gasteiger partial charge in [0.05, 0.1) is 17.1 Å². The number of nitro benzene ring substituents is 1. The molecule has 0 spiro atoms. The molecule has 0 aliphatic rings. The maximum Gasteiger partial charge on any atom is 0.276 e. The number of hydrogen-bond acceptors (Lipinski definition) is 5. The summed E-state index contributed by atoms with van der Waals surface area (Å²) in [5.41, 5.74) is 1.28. The Morgan fingerprint density at radius 3 is 2.26 bits per heavy atom. The summed E-state index contributed by atoms with van der Waals surface area (Å²) in [5.74, 6) is 0.665. The van der Waals surface area contributed by atoms with Crippen LogP contribution in [-0.4, -0.2) is 18.3 Å². The number of ether oxygens (including phenoxy) is 1. The fourth-order valence-corrected chi connectivity index (χ4v) is 3.22. The van der Waals surface area contributed by atoms with E-state index in [0.717, 1.165) is 5.56 Å². The molecule has 6 nitrogen and oxygen atoms in total. The Kier molecular flexibility index (Phi) is 6.28. The molecule has 0 heterocycles. The molecular formula is C20H27NO5Si. The topological polar surface area (TPSA) is 81.8 Å². The van der Waals surface area contributed by atoms with E-state index in [1.807, 2.05) is 6.07 Å². The molecule has 0 unspecified atom stereocenters. The number of hydrogen-bond donors (Lipinski definition) is 1. The van der Waals surface area contributed by atoms with E-state index in [0.29, 0.717) is 17.9 Å². The quantitative estimate of drug-likeness (QED) is 0.389. The van der Waals surface area contributed by atoms with Crippen molar-refractivity contribution in [2.24, 2.45) is 0 Å². The van der Waals surface area contributed by atoms with Gasteiger partial charge in [-0.15, -0.1) is 0 Å². The summed E-state index contributed by atoms with van der Waals surface area (Å²) >= 11 is 0. The molecular weight excluding hydrogens is 362 g/mol. The van der Waals surface area contributed by atoms with Crippen molar-refractivity contribution in [3.05, 3.63) is 63.7 Å². The van der Waals surface area contributed by atoms with Crippen molar-refractivity contribution in [2.75, 3.05) is 0 Å². The van der Waals surface area contributed by atoms with Crippen LogP contribution < -0.4 is 4.74 Å². The lowest BCUT2D eigenvalue weighted by Gasteiger charge is -2.36. The first kappa shape index (κ1) is 20.9. The van der Waals surface area contributed by atoms with Gasteiger partial charge in [0.25, 0.3) is 5.69 Å². The lowest BCUT2D eigenvalue weighted by Crippen LogP contribution is -2.40. The first-order chi connectivity index (χ1) is 12.5. The van der Waals surface area contributed by atoms with Crippen LogP contribution in [0.3, 0.4) is 0 Å². The average Bonchev–Trinajstić information content (AvgIpc) is 2.58. The third kappa shape index (κ3) is 5.30. The van der Waals surface area contributed by atoms with E-state index < -0.39 is 13.2 Å². The zero-order valence-electron chi connectivity index (χ0n) is 16.5. The summed E-state index contributed by atoms with van der Waals surface area (Å²) in [6, 6.07) is 11.3. The van der Waals surface area contributed by atoms with Crippen molar-refractivity contribution in [1.29, 1.82) is 0 Å². The van der Waals surface area contributed by atoms with Gasteiger partial charge in [-0.2, -0.15) is 0 Å². The second-order valence-corrected chi connectivity index (χ2v) is 12.8. The molecule has 2 rings (SSSR count). The summed E-state index contributed by atoms with van der Waals surface area (Å²) in [5, 5.41) is 20.9. The molecule has 0 aliphatic heterocycles. The van der Waals surface area contributed by atoms with Crippen molar-refractivity contribution in [2.45, 2.75) is 52.1 Å². The zero-order chi connectivity index (χ0) is 20.2. The van der Waals surface area contributed by atoms with Gasteiger partial charge in [-0.25, -0.2) is 0 Å². The van der Waals surface area contributed by atoms with Crippen molar-refractivity contribution >= 4 is 14.0 Å². The molecule has 2 aromatic carbocycles. The monoisotopic (exact) mass is 389 g/mol. The van der Waals surface area contributed by atoms with Crippen LogP contribution in [0.1, 0.15) is 31.9 Å². The highest BCUT2D eigenvalue weighted by Crippen LogP contribution is 2.37. The molecule has 0 aromatic heterocycles. The highest BCUT2D eigenvalue weighted by atomic mass is 28.4. The van der Waals surface area contributed by atoms with Gasteiger partial charge >= 0.3 is 0 Å². The molecule has 1 N–H and O–H groups in total. The third-order valence-electron chi connectivity index (χ3n) is 5.06. The fraction of sp³-hybridized carbons (Fsp3) is 0.400. The Hall–Kier alpha value is -2.38. The van der Waals surface area contributed by atoms with Crippen LogP contribution >= 0.6 is 0 Å². The lowest BCUT2D eigenvalue weighted by molar-refractivity contribution is -0.385. The number of rotatable bonds is 7. The second kappa shape index (κ2) is 8.10. The first-order valence-corrected chi connectivity index (χ1v) is 11.7. The van der Waals surface area contributed by atoms with Gasteiger partial charge in [-0.3, -0.25) is 10.1 Å². The van der Waals surface area contributed by atoms with E-state index in [9.17, 15) is 15.2 Å². The van der Waals surface area contributed by atoms with Crippen LogP contribution in [0.15, 0.2) is 42.5 Å². The van der Waals surface area contributed by atoms with Crippen molar-refractivity contribution in [3.8, 4) is 11.5 Å². The Morgan fingerprint density at radius 1 is 1.07 bits per heavy atom. The first-order valence-electron chi connectivity index (χ1n) is 8.82. The van der Waals surface area contributed by atoms with Crippen LogP contribution in [0, 0.1) is 10.1 Å². The maximum atomic E-state index is 11.5. The number of phenols is 1. The van der Waals surface area contributed by atoms with Gasteiger partial charge in [-0.05, 0) is 48.0 Å². The highest BCUT2D eigenvalue weighted by molar-refractivity contribution is 6.74. The van der Waals surface area contributed by atoms with E-state index in [1.165, 1.54) is 18.2 Å². The van der Waals surface area contributed by atoms with E-state index in [-0.39, 0.29) is 23.1 Å². The van der Waals surface area contributed by atoms with Crippen molar-refractivity contribution < 1.29 is 19.2 Å². The zero-order valence-corrected chi connectivity index (χ0v) is 17.5. The van der Waals surface area contributed by atoms with Crippen molar-refractivity contribution in [3.63, 3.8) is 0 Å². The Labute approximate surface area is 161 Å². The molecule has 0 bridgehead atoms. The van der Waals surface area contributed by atoms with Crippen LogP contribution in [0.2, 0.25) is 18.1 Å². The molecule has 7 heteroatoms. The minimum Gasteiger partial charge on any atom is -0.508 e. The van der Waals surface area contributed by atoms with Gasteiger partial charge in [0.2, 0.25) is 0 Å². The molecule has 27 heavy (non-hydrogen) atoms. The van der Waals surface area contributed by atoms with E-state index in [1.54, 1.807) is 18.2 Å².